The third-order valence-electron chi connectivity index (χ3n) is 5.28. The third kappa shape index (κ3) is 4.87. The maximum Gasteiger partial charge on any atom is 0.279 e. The van der Waals surface area contributed by atoms with Gasteiger partial charge >= 0.3 is 0 Å². The molecule has 0 bridgehead atoms. The summed E-state index contributed by atoms with van der Waals surface area (Å²) in [5.74, 6) is -0.112. The zero-order valence-corrected chi connectivity index (χ0v) is 17.4. The molecule has 148 valence electrons. The molecule has 6 heteroatoms. The predicted octanol–water partition coefficient (Wildman–Crippen LogP) is 3.91. The molecule has 2 N–H and O–H groups in total. The highest BCUT2D eigenvalue weighted by molar-refractivity contribution is 7.14. The van der Waals surface area contributed by atoms with Crippen molar-refractivity contribution in [3.05, 3.63) is 56.3 Å². The molecule has 1 aliphatic rings. The Hall–Kier alpha value is -2.47. The molecule has 3 rings (SSSR count). The first kappa shape index (κ1) is 20.3. The number of hydrazine groups is 1. The van der Waals surface area contributed by atoms with Gasteiger partial charge in [-0.15, -0.1) is 11.3 Å². The number of aryl methyl sites for hydroxylation is 3. The molecule has 0 spiro atoms. The van der Waals surface area contributed by atoms with E-state index in [9.17, 15) is 14.4 Å². The van der Waals surface area contributed by atoms with Crippen LogP contribution in [0.4, 0.5) is 0 Å². The standard InChI is InChI=1S/C22H26N2O3S/c1-13-4-8-19-17(10-13)12-20(28-19)22(27)24-23-21(26)9-7-18(25)16-6-5-14(2)15(3)11-16/h5-6,11-13H,4,7-10H2,1-3H3,(H,23,26)(H,24,27). The van der Waals surface area contributed by atoms with E-state index >= 15 is 0 Å². The molecule has 1 heterocycles. The van der Waals surface area contributed by atoms with Crippen LogP contribution in [0.1, 0.15) is 67.8 Å². The average Bonchev–Trinajstić information content (AvgIpc) is 3.09. The van der Waals surface area contributed by atoms with Gasteiger partial charge in [0.15, 0.2) is 5.78 Å². The van der Waals surface area contributed by atoms with Crippen molar-refractivity contribution in [1.82, 2.24) is 10.9 Å². The van der Waals surface area contributed by atoms with Gasteiger partial charge in [-0.1, -0.05) is 19.1 Å². The second kappa shape index (κ2) is 8.69. The second-order valence-corrected chi connectivity index (χ2v) is 8.77. The summed E-state index contributed by atoms with van der Waals surface area (Å²) >= 11 is 1.50. The quantitative estimate of drug-likeness (QED) is 0.592. The molecule has 28 heavy (non-hydrogen) atoms. The minimum atomic E-state index is -0.375. The molecule has 1 aromatic heterocycles. The molecule has 0 saturated carbocycles. The highest BCUT2D eigenvalue weighted by atomic mass is 32.1. The van der Waals surface area contributed by atoms with Crippen LogP contribution in [0.15, 0.2) is 24.3 Å². The van der Waals surface area contributed by atoms with Crippen molar-refractivity contribution in [2.45, 2.75) is 52.9 Å². The predicted molar refractivity (Wildman–Crippen MR) is 111 cm³/mol. The lowest BCUT2D eigenvalue weighted by atomic mass is 9.90. The number of ketones is 1. The first-order chi connectivity index (χ1) is 13.3. The molecule has 5 nitrogen and oxygen atoms in total. The van der Waals surface area contributed by atoms with Gasteiger partial charge in [-0.05, 0) is 67.9 Å². The number of hydrogen-bond acceptors (Lipinski definition) is 4. The number of hydrogen-bond donors (Lipinski definition) is 2. The molecule has 1 aliphatic carbocycles. The highest BCUT2D eigenvalue weighted by Gasteiger charge is 2.21. The Morgan fingerprint density at radius 1 is 1.07 bits per heavy atom. The summed E-state index contributed by atoms with van der Waals surface area (Å²) in [6.07, 6.45) is 3.31. The van der Waals surface area contributed by atoms with E-state index in [1.165, 1.54) is 21.8 Å². The van der Waals surface area contributed by atoms with Crippen molar-refractivity contribution >= 4 is 28.9 Å². The Labute approximate surface area is 169 Å². The van der Waals surface area contributed by atoms with E-state index in [0.717, 1.165) is 30.4 Å². The van der Waals surface area contributed by atoms with E-state index in [-0.39, 0.29) is 30.4 Å². The van der Waals surface area contributed by atoms with E-state index in [4.69, 9.17) is 0 Å². The Kier molecular flexibility index (Phi) is 6.29. The van der Waals surface area contributed by atoms with Crippen LogP contribution >= 0.6 is 11.3 Å². The summed E-state index contributed by atoms with van der Waals surface area (Å²) in [5.41, 5.74) is 8.91. The molecular weight excluding hydrogens is 372 g/mol. The second-order valence-electron chi connectivity index (χ2n) is 7.63. The molecule has 0 saturated heterocycles. The van der Waals surface area contributed by atoms with Gasteiger partial charge in [0.25, 0.3) is 5.91 Å². The Bertz CT molecular complexity index is 917. The van der Waals surface area contributed by atoms with E-state index < -0.39 is 0 Å². The van der Waals surface area contributed by atoms with Crippen molar-refractivity contribution in [2.24, 2.45) is 5.92 Å². The lowest BCUT2D eigenvalue weighted by Gasteiger charge is -2.16. The van der Waals surface area contributed by atoms with Crippen molar-refractivity contribution in [3.8, 4) is 0 Å². The van der Waals surface area contributed by atoms with E-state index in [2.05, 4.69) is 17.8 Å². The summed E-state index contributed by atoms with van der Waals surface area (Å²) in [7, 11) is 0. The number of carbonyl (C=O) groups is 3. The largest absolute Gasteiger partial charge is 0.294 e. The van der Waals surface area contributed by atoms with Crippen LogP contribution in [0.25, 0.3) is 0 Å². The maximum absolute atomic E-state index is 12.3. The van der Waals surface area contributed by atoms with Crippen LogP contribution in [0.5, 0.6) is 0 Å². The Morgan fingerprint density at radius 3 is 2.61 bits per heavy atom. The summed E-state index contributed by atoms with van der Waals surface area (Å²) in [4.78, 5) is 38.4. The van der Waals surface area contributed by atoms with Crippen LogP contribution < -0.4 is 10.9 Å². The summed E-state index contributed by atoms with van der Waals surface area (Å²) in [6.45, 7) is 6.17. The third-order valence-corrected chi connectivity index (χ3v) is 6.51. The number of nitrogens with one attached hydrogen (secondary N) is 2. The number of fused-ring (bicyclic) bond motifs is 1. The Morgan fingerprint density at radius 2 is 1.86 bits per heavy atom. The van der Waals surface area contributed by atoms with Crippen LogP contribution in [0.3, 0.4) is 0 Å². The topological polar surface area (TPSA) is 75.3 Å². The molecular formula is C22H26N2O3S. The lowest BCUT2D eigenvalue weighted by molar-refractivity contribution is -0.121. The van der Waals surface area contributed by atoms with Gasteiger partial charge < -0.3 is 0 Å². The van der Waals surface area contributed by atoms with Crippen molar-refractivity contribution in [2.75, 3.05) is 0 Å². The maximum atomic E-state index is 12.3. The van der Waals surface area contributed by atoms with E-state index in [1.807, 2.05) is 32.0 Å². The van der Waals surface area contributed by atoms with E-state index in [0.29, 0.717) is 16.4 Å². The number of rotatable bonds is 5. The summed E-state index contributed by atoms with van der Waals surface area (Å²) in [5, 5.41) is 0. The fourth-order valence-electron chi connectivity index (χ4n) is 3.35. The molecule has 2 amide bonds. The van der Waals surface area contributed by atoms with Gasteiger partial charge in [-0.3, -0.25) is 25.2 Å². The van der Waals surface area contributed by atoms with Crippen molar-refractivity contribution in [1.29, 1.82) is 0 Å². The van der Waals surface area contributed by atoms with Crippen LogP contribution in [0.2, 0.25) is 0 Å². The minimum absolute atomic E-state index is 0.0322. The summed E-state index contributed by atoms with van der Waals surface area (Å²) < 4.78 is 0. The van der Waals surface area contributed by atoms with Crippen LogP contribution in [0, 0.1) is 19.8 Å². The van der Waals surface area contributed by atoms with Crippen molar-refractivity contribution < 1.29 is 14.4 Å². The summed E-state index contributed by atoms with van der Waals surface area (Å²) in [6, 6.07) is 7.46. The number of Topliss-reactive ketones (excluding diaryl/α,β-unsaturated/α-hetero) is 1. The van der Waals surface area contributed by atoms with Gasteiger partial charge in [-0.2, -0.15) is 0 Å². The number of thiophene rings is 1. The average molecular weight is 399 g/mol. The SMILES string of the molecule is Cc1ccc(C(=O)CCC(=O)NNC(=O)c2cc3c(s2)CCC(C)C3)cc1C. The smallest absolute Gasteiger partial charge is 0.279 e. The molecule has 0 aliphatic heterocycles. The molecule has 0 fully saturated rings. The monoisotopic (exact) mass is 398 g/mol. The Balaban J connectivity index is 1.47. The molecule has 1 unspecified atom stereocenters. The molecule has 1 aromatic carbocycles. The zero-order chi connectivity index (χ0) is 20.3. The molecule has 0 radical (unpaired) electrons. The fourth-order valence-corrected chi connectivity index (χ4v) is 4.46. The van der Waals surface area contributed by atoms with Gasteiger partial charge in [0.05, 0.1) is 4.88 Å². The van der Waals surface area contributed by atoms with Gasteiger partial charge in [0.1, 0.15) is 0 Å². The number of benzene rings is 1. The van der Waals surface area contributed by atoms with Crippen LogP contribution in [-0.4, -0.2) is 17.6 Å². The lowest BCUT2D eigenvalue weighted by Crippen LogP contribution is -2.41. The van der Waals surface area contributed by atoms with Gasteiger partial charge in [0.2, 0.25) is 5.91 Å². The first-order valence-electron chi connectivity index (χ1n) is 9.64. The highest BCUT2D eigenvalue weighted by Crippen LogP contribution is 2.32. The number of carbonyl (C=O) groups excluding carboxylic acids is 3. The van der Waals surface area contributed by atoms with Gasteiger partial charge in [-0.25, -0.2) is 0 Å². The van der Waals surface area contributed by atoms with Crippen LogP contribution in [-0.2, 0) is 17.6 Å². The molecule has 2 aromatic rings. The first-order valence-corrected chi connectivity index (χ1v) is 10.5. The normalized spacial score (nSPS) is 15.6. The van der Waals surface area contributed by atoms with Gasteiger partial charge in [0, 0.05) is 23.3 Å². The molecule has 1 atom stereocenters. The van der Waals surface area contributed by atoms with Crippen molar-refractivity contribution in [3.63, 3.8) is 0 Å². The van der Waals surface area contributed by atoms with E-state index in [1.54, 1.807) is 6.07 Å². The number of amides is 2. The fraction of sp³-hybridized carbons (Fsp3) is 0.409. The zero-order valence-electron chi connectivity index (χ0n) is 16.6. The minimum Gasteiger partial charge on any atom is -0.294 e.